The standard InChI is InChI=1S/C13H21N3O2/c1-9-6-12(10-4-3-5-10)15-13(14-9)16(2)7-11(18)8-17/h6,10-11,17-18H,3-5,7-8H2,1-2H3. The molecule has 0 saturated heterocycles. The van der Waals surface area contributed by atoms with Gasteiger partial charge in [-0.2, -0.15) is 0 Å². The van der Waals surface area contributed by atoms with E-state index in [1.165, 1.54) is 19.3 Å². The topological polar surface area (TPSA) is 69.5 Å². The molecule has 2 N–H and O–H groups in total. The predicted octanol–water partition coefficient (Wildman–Crippen LogP) is 0.842. The summed E-state index contributed by atoms with van der Waals surface area (Å²) in [4.78, 5) is 10.7. The summed E-state index contributed by atoms with van der Waals surface area (Å²) in [7, 11) is 1.83. The van der Waals surface area contributed by atoms with E-state index in [1.54, 1.807) is 4.90 Å². The number of aryl methyl sites for hydroxylation is 1. The molecule has 1 saturated carbocycles. The fourth-order valence-electron chi connectivity index (χ4n) is 2.12. The van der Waals surface area contributed by atoms with Crippen molar-refractivity contribution in [2.75, 3.05) is 25.1 Å². The number of aromatic nitrogens is 2. The van der Waals surface area contributed by atoms with Gasteiger partial charge in [0.25, 0.3) is 0 Å². The average Bonchev–Trinajstić information content (AvgIpc) is 2.25. The highest BCUT2D eigenvalue weighted by molar-refractivity contribution is 5.32. The first-order chi connectivity index (χ1) is 8.60. The fraction of sp³-hybridized carbons (Fsp3) is 0.692. The second-order valence-electron chi connectivity index (χ2n) is 5.08. The molecule has 1 fully saturated rings. The predicted molar refractivity (Wildman–Crippen MR) is 69.7 cm³/mol. The summed E-state index contributed by atoms with van der Waals surface area (Å²) in [5.41, 5.74) is 2.06. The number of likely N-dealkylation sites (N-methyl/N-ethyl adjacent to an activating group) is 1. The van der Waals surface area contributed by atoms with Crippen molar-refractivity contribution in [1.29, 1.82) is 0 Å². The van der Waals surface area contributed by atoms with Gasteiger partial charge in [0.05, 0.1) is 12.7 Å². The Labute approximate surface area is 107 Å². The molecule has 0 radical (unpaired) electrons. The third-order valence-corrected chi connectivity index (χ3v) is 3.42. The molecular weight excluding hydrogens is 230 g/mol. The molecule has 1 aliphatic carbocycles. The summed E-state index contributed by atoms with van der Waals surface area (Å²) < 4.78 is 0. The van der Waals surface area contributed by atoms with Crippen molar-refractivity contribution in [2.24, 2.45) is 0 Å². The Morgan fingerprint density at radius 2 is 2.17 bits per heavy atom. The Balaban J connectivity index is 2.13. The highest BCUT2D eigenvalue weighted by Gasteiger charge is 2.22. The second kappa shape index (κ2) is 5.63. The van der Waals surface area contributed by atoms with E-state index >= 15 is 0 Å². The van der Waals surface area contributed by atoms with Crippen LogP contribution in [0.4, 0.5) is 5.95 Å². The Morgan fingerprint density at radius 3 is 2.72 bits per heavy atom. The lowest BCUT2D eigenvalue weighted by molar-refractivity contribution is 0.101. The molecule has 1 unspecified atom stereocenters. The Bertz CT molecular complexity index is 407. The Morgan fingerprint density at radius 1 is 1.44 bits per heavy atom. The highest BCUT2D eigenvalue weighted by Crippen LogP contribution is 2.35. The van der Waals surface area contributed by atoms with Crippen LogP contribution in [0.5, 0.6) is 0 Å². The minimum absolute atomic E-state index is 0.244. The zero-order valence-corrected chi connectivity index (χ0v) is 11.0. The van der Waals surface area contributed by atoms with E-state index in [0.717, 1.165) is 11.4 Å². The maximum Gasteiger partial charge on any atom is 0.225 e. The lowest BCUT2D eigenvalue weighted by Gasteiger charge is -2.27. The molecule has 5 heteroatoms. The summed E-state index contributed by atoms with van der Waals surface area (Å²) in [5, 5.41) is 18.3. The molecule has 100 valence electrons. The SMILES string of the molecule is Cc1cc(C2CCC2)nc(N(C)CC(O)CO)n1. The van der Waals surface area contributed by atoms with Crippen molar-refractivity contribution in [3.63, 3.8) is 0 Å². The van der Waals surface area contributed by atoms with Crippen LogP contribution in [0.1, 0.15) is 36.6 Å². The van der Waals surface area contributed by atoms with E-state index in [1.807, 2.05) is 20.0 Å². The van der Waals surface area contributed by atoms with Crippen LogP contribution in [-0.4, -0.2) is 46.5 Å². The summed E-state index contributed by atoms with van der Waals surface area (Å²) >= 11 is 0. The van der Waals surface area contributed by atoms with Gasteiger partial charge in [-0.05, 0) is 25.8 Å². The molecule has 1 atom stereocenters. The van der Waals surface area contributed by atoms with Crippen molar-refractivity contribution in [3.05, 3.63) is 17.5 Å². The van der Waals surface area contributed by atoms with Crippen LogP contribution >= 0.6 is 0 Å². The van der Waals surface area contributed by atoms with Crippen LogP contribution in [0.15, 0.2) is 6.07 Å². The summed E-state index contributed by atoms with van der Waals surface area (Å²) in [6.45, 7) is 2.05. The number of aliphatic hydroxyl groups is 2. The molecule has 0 aromatic carbocycles. The van der Waals surface area contributed by atoms with Crippen LogP contribution < -0.4 is 4.90 Å². The normalized spacial score (nSPS) is 17.3. The number of aliphatic hydroxyl groups excluding tert-OH is 2. The zero-order valence-electron chi connectivity index (χ0n) is 11.0. The molecule has 0 amide bonds. The molecule has 5 nitrogen and oxygen atoms in total. The van der Waals surface area contributed by atoms with Crippen molar-refractivity contribution in [3.8, 4) is 0 Å². The van der Waals surface area contributed by atoms with Crippen molar-refractivity contribution in [1.82, 2.24) is 9.97 Å². The van der Waals surface area contributed by atoms with Gasteiger partial charge in [-0.15, -0.1) is 0 Å². The van der Waals surface area contributed by atoms with Crippen molar-refractivity contribution >= 4 is 5.95 Å². The smallest absolute Gasteiger partial charge is 0.225 e. The Hall–Kier alpha value is -1.20. The molecule has 1 aliphatic rings. The molecule has 0 bridgehead atoms. The number of rotatable bonds is 5. The molecule has 1 aromatic heterocycles. The molecule has 0 aliphatic heterocycles. The van der Waals surface area contributed by atoms with Crippen molar-refractivity contribution < 1.29 is 10.2 Å². The monoisotopic (exact) mass is 251 g/mol. The van der Waals surface area contributed by atoms with Gasteiger partial charge in [-0.3, -0.25) is 0 Å². The molecule has 0 spiro atoms. The maximum atomic E-state index is 9.45. The van der Waals surface area contributed by atoms with E-state index in [2.05, 4.69) is 9.97 Å². The van der Waals surface area contributed by atoms with Gasteiger partial charge in [-0.25, -0.2) is 9.97 Å². The van der Waals surface area contributed by atoms with Crippen LogP contribution in [0.3, 0.4) is 0 Å². The molecule has 1 aromatic rings. The largest absolute Gasteiger partial charge is 0.394 e. The number of anilines is 1. The van der Waals surface area contributed by atoms with E-state index in [4.69, 9.17) is 5.11 Å². The minimum atomic E-state index is -0.758. The maximum absolute atomic E-state index is 9.45. The van der Waals surface area contributed by atoms with Crippen LogP contribution in [0.25, 0.3) is 0 Å². The van der Waals surface area contributed by atoms with Crippen LogP contribution in [0.2, 0.25) is 0 Å². The van der Waals surface area contributed by atoms with Crippen molar-refractivity contribution in [2.45, 2.75) is 38.2 Å². The first kappa shape index (κ1) is 13.2. The number of nitrogens with zero attached hydrogens (tertiary/aromatic N) is 3. The van der Waals surface area contributed by atoms with Crippen LogP contribution in [0, 0.1) is 6.92 Å². The molecular formula is C13H21N3O2. The third-order valence-electron chi connectivity index (χ3n) is 3.42. The van der Waals surface area contributed by atoms with Gasteiger partial charge < -0.3 is 15.1 Å². The molecule has 18 heavy (non-hydrogen) atoms. The van der Waals surface area contributed by atoms with Crippen LogP contribution in [-0.2, 0) is 0 Å². The molecule has 2 rings (SSSR count). The van der Waals surface area contributed by atoms with Gasteiger partial charge in [0.2, 0.25) is 5.95 Å². The number of hydrogen-bond acceptors (Lipinski definition) is 5. The summed E-state index contributed by atoms with van der Waals surface area (Å²) in [6.07, 6.45) is 2.94. The van der Waals surface area contributed by atoms with Gasteiger partial charge in [0.15, 0.2) is 0 Å². The van der Waals surface area contributed by atoms with Gasteiger partial charge in [0, 0.05) is 30.9 Å². The quantitative estimate of drug-likeness (QED) is 0.811. The fourth-order valence-corrected chi connectivity index (χ4v) is 2.12. The lowest BCUT2D eigenvalue weighted by atomic mass is 9.83. The summed E-state index contributed by atoms with van der Waals surface area (Å²) in [5.74, 6) is 1.20. The molecule has 1 heterocycles. The van der Waals surface area contributed by atoms with E-state index < -0.39 is 6.10 Å². The summed E-state index contributed by atoms with van der Waals surface area (Å²) in [6, 6.07) is 2.05. The first-order valence-corrected chi connectivity index (χ1v) is 6.45. The first-order valence-electron chi connectivity index (χ1n) is 6.45. The number of hydrogen-bond donors (Lipinski definition) is 2. The average molecular weight is 251 g/mol. The van der Waals surface area contributed by atoms with E-state index in [9.17, 15) is 5.11 Å². The Kier molecular flexibility index (Phi) is 4.14. The van der Waals surface area contributed by atoms with Gasteiger partial charge >= 0.3 is 0 Å². The third kappa shape index (κ3) is 2.97. The van der Waals surface area contributed by atoms with Gasteiger partial charge in [0.1, 0.15) is 0 Å². The highest BCUT2D eigenvalue weighted by atomic mass is 16.3. The van der Waals surface area contributed by atoms with E-state index in [0.29, 0.717) is 18.4 Å². The zero-order chi connectivity index (χ0) is 13.1. The van der Waals surface area contributed by atoms with E-state index in [-0.39, 0.29) is 6.61 Å². The second-order valence-corrected chi connectivity index (χ2v) is 5.08. The minimum Gasteiger partial charge on any atom is -0.394 e. The lowest BCUT2D eigenvalue weighted by Crippen LogP contribution is -2.32. The van der Waals surface area contributed by atoms with Gasteiger partial charge in [-0.1, -0.05) is 6.42 Å².